The van der Waals surface area contributed by atoms with Crippen molar-refractivity contribution in [3.63, 3.8) is 0 Å². The largest absolute Gasteiger partial charge is 0.353 e. The fourth-order valence-electron chi connectivity index (χ4n) is 2.68. The average molecular weight is 373 g/mol. The molecule has 1 amide bonds. The van der Waals surface area contributed by atoms with Crippen molar-refractivity contribution in [2.45, 2.75) is 57.2 Å². The summed E-state index contributed by atoms with van der Waals surface area (Å²) in [4.78, 5) is 13.4. The summed E-state index contributed by atoms with van der Waals surface area (Å²) in [5.74, 6) is 0.353. The topological polar surface area (TPSA) is 66.5 Å². The predicted octanol–water partition coefficient (Wildman–Crippen LogP) is 2.87. The second-order valence-electron chi connectivity index (χ2n) is 6.79. The van der Waals surface area contributed by atoms with Crippen molar-refractivity contribution in [2.75, 3.05) is 13.1 Å². The van der Waals surface area contributed by atoms with E-state index < -0.39 is 10.0 Å². The van der Waals surface area contributed by atoms with Crippen LogP contribution >= 0.6 is 11.3 Å². The molecule has 0 saturated carbocycles. The Morgan fingerprint density at radius 1 is 1.29 bits per heavy atom. The van der Waals surface area contributed by atoms with Crippen molar-refractivity contribution >= 4 is 27.3 Å². The number of nitrogens with one attached hydrogen (secondary N) is 1. The SMILES string of the molecule is CCc1ccc(S(=O)(=O)N2CCC(C(=O)N[C@@H](C)C(C)C)CC2)s1. The molecule has 0 spiro atoms. The Labute approximate surface area is 149 Å². The maximum Gasteiger partial charge on any atom is 0.252 e. The minimum atomic E-state index is -3.42. The maximum absolute atomic E-state index is 12.7. The van der Waals surface area contributed by atoms with Crippen LogP contribution in [0.5, 0.6) is 0 Å². The van der Waals surface area contributed by atoms with Gasteiger partial charge in [0, 0.05) is 29.9 Å². The molecular weight excluding hydrogens is 344 g/mol. The van der Waals surface area contributed by atoms with Gasteiger partial charge in [-0.05, 0) is 44.2 Å². The maximum atomic E-state index is 12.7. The van der Waals surface area contributed by atoms with E-state index in [2.05, 4.69) is 19.2 Å². The van der Waals surface area contributed by atoms with Gasteiger partial charge >= 0.3 is 0 Å². The highest BCUT2D eigenvalue weighted by Gasteiger charge is 2.33. The third kappa shape index (κ3) is 4.37. The zero-order chi connectivity index (χ0) is 17.9. The number of amides is 1. The molecule has 2 rings (SSSR count). The number of thiophene rings is 1. The van der Waals surface area contributed by atoms with Crippen LogP contribution in [0.1, 0.15) is 45.4 Å². The smallest absolute Gasteiger partial charge is 0.252 e. The number of sulfonamides is 1. The van der Waals surface area contributed by atoms with Gasteiger partial charge in [0.05, 0.1) is 0 Å². The molecule has 1 aliphatic rings. The van der Waals surface area contributed by atoms with E-state index in [0.717, 1.165) is 11.3 Å². The molecule has 24 heavy (non-hydrogen) atoms. The number of hydrogen-bond acceptors (Lipinski definition) is 4. The van der Waals surface area contributed by atoms with Gasteiger partial charge in [0.1, 0.15) is 4.21 Å². The Bertz CT molecular complexity index is 659. The third-order valence-electron chi connectivity index (χ3n) is 4.77. The lowest BCUT2D eigenvalue weighted by Gasteiger charge is -2.31. The van der Waals surface area contributed by atoms with Crippen molar-refractivity contribution in [3.05, 3.63) is 17.0 Å². The number of aryl methyl sites for hydroxylation is 1. The number of rotatable bonds is 6. The zero-order valence-corrected chi connectivity index (χ0v) is 16.5. The predicted molar refractivity (Wildman–Crippen MR) is 97.6 cm³/mol. The molecule has 1 N–H and O–H groups in total. The molecule has 1 atom stereocenters. The fourth-order valence-corrected chi connectivity index (χ4v) is 5.60. The molecule has 7 heteroatoms. The molecule has 1 aliphatic heterocycles. The Kier molecular flexibility index (Phi) is 6.45. The summed E-state index contributed by atoms with van der Waals surface area (Å²) in [5, 5.41) is 3.04. The quantitative estimate of drug-likeness (QED) is 0.835. The first kappa shape index (κ1) is 19.4. The number of nitrogens with zero attached hydrogens (tertiary/aromatic N) is 1. The summed E-state index contributed by atoms with van der Waals surface area (Å²) in [7, 11) is -3.42. The van der Waals surface area contributed by atoms with Gasteiger partial charge in [-0.1, -0.05) is 20.8 Å². The number of carbonyl (C=O) groups excluding carboxylic acids is 1. The molecule has 1 aromatic rings. The van der Waals surface area contributed by atoms with Gasteiger partial charge in [0.25, 0.3) is 10.0 Å². The van der Waals surface area contributed by atoms with Gasteiger partial charge in [-0.3, -0.25) is 4.79 Å². The van der Waals surface area contributed by atoms with Crippen molar-refractivity contribution in [2.24, 2.45) is 11.8 Å². The molecule has 0 aliphatic carbocycles. The van der Waals surface area contributed by atoms with Crippen LogP contribution in [0.3, 0.4) is 0 Å². The zero-order valence-electron chi connectivity index (χ0n) is 14.9. The second kappa shape index (κ2) is 7.97. The monoisotopic (exact) mass is 372 g/mol. The fraction of sp³-hybridized carbons (Fsp3) is 0.706. The van der Waals surface area contributed by atoms with Crippen LogP contribution in [-0.2, 0) is 21.2 Å². The second-order valence-corrected chi connectivity index (χ2v) is 10.1. The molecule has 0 unspecified atom stereocenters. The van der Waals surface area contributed by atoms with Crippen LogP contribution in [0, 0.1) is 11.8 Å². The summed E-state index contributed by atoms with van der Waals surface area (Å²) < 4.78 is 27.3. The van der Waals surface area contributed by atoms with E-state index in [1.807, 2.05) is 19.9 Å². The highest BCUT2D eigenvalue weighted by atomic mass is 32.2. The van der Waals surface area contributed by atoms with Crippen LogP contribution in [0.2, 0.25) is 0 Å². The molecule has 1 saturated heterocycles. The first-order chi connectivity index (χ1) is 11.3. The third-order valence-corrected chi connectivity index (χ3v) is 8.37. The van der Waals surface area contributed by atoms with E-state index in [4.69, 9.17) is 0 Å². The molecule has 0 bridgehead atoms. The Morgan fingerprint density at radius 3 is 2.42 bits per heavy atom. The lowest BCUT2D eigenvalue weighted by atomic mass is 9.96. The molecule has 1 fully saturated rings. The van der Waals surface area contributed by atoms with E-state index in [0.29, 0.717) is 36.1 Å². The molecule has 136 valence electrons. The summed E-state index contributed by atoms with van der Waals surface area (Å²) in [6.45, 7) is 9.00. The summed E-state index contributed by atoms with van der Waals surface area (Å²) in [6.07, 6.45) is 2.01. The molecule has 1 aromatic heterocycles. The van der Waals surface area contributed by atoms with Crippen LogP contribution in [0.25, 0.3) is 0 Å². The van der Waals surface area contributed by atoms with E-state index in [-0.39, 0.29) is 17.9 Å². The van der Waals surface area contributed by atoms with Crippen molar-refractivity contribution in [1.29, 1.82) is 0 Å². The Morgan fingerprint density at radius 2 is 1.92 bits per heavy atom. The van der Waals surface area contributed by atoms with Crippen molar-refractivity contribution in [1.82, 2.24) is 9.62 Å². The van der Waals surface area contributed by atoms with Gasteiger partial charge in [-0.15, -0.1) is 11.3 Å². The Hall–Kier alpha value is -0.920. The molecule has 2 heterocycles. The van der Waals surface area contributed by atoms with Crippen LogP contribution in [-0.4, -0.2) is 37.8 Å². The highest BCUT2D eigenvalue weighted by molar-refractivity contribution is 7.91. The number of hydrogen-bond donors (Lipinski definition) is 1. The normalized spacial score (nSPS) is 18.7. The number of piperidine rings is 1. The lowest BCUT2D eigenvalue weighted by Crippen LogP contribution is -2.45. The summed E-state index contributed by atoms with van der Waals surface area (Å²) in [5.41, 5.74) is 0. The van der Waals surface area contributed by atoms with Gasteiger partial charge < -0.3 is 5.32 Å². The van der Waals surface area contributed by atoms with E-state index in [1.165, 1.54) is 15.6 Å². The van der Waals surface area contributed by atoms with Crippen LogP contribution in [0.15, 0.2) is 16.3 Å². The van der Waals surface area contributed by atoms with Gasteiger partial charge in [0.2, 0.25) is 5.91 Å². The van der Waals surface area contributed by atoms with Gasteiger partial charge in [-0.25, -0.2) is 8.42 Å². The Balaban J connectivity index is 1.95. The highest BCUT2D eigenvalue weighted by Crippen LogP contribution is 2.28. The molecular formula is C17H28N2O3S2. The standard InChI is InChI=1S/C17H28N2O3S2/c1-5-15-6-7-16(23-15)24(21,22)19-10-8-14(9-11-19)17(20)18-13(4)12(2)3/h6-7,12-14H,5,8-11H2,1-4H3,(H,18,20)/t13-/m0/s1. The van der Waals surface area contributed by atoms with E-state index in [9.17, 15) is 13.2 Å². The van der Waals surface area contributed by atoms with E-state index in [1.54, 1.807) is 6.07 Å². The number of carbonyl (C=O) groups is 1. The molecule has 0 aromatic carbocycles. The molecule has 5 nitrogen and oxygen atoms in total. The first-order valence-electron chi connectivity index (χ1n) is 8.65. The van der Waals surface area contributed by atoms with Crippen LogP contribution < -0.4 is 5.32 Å². The van der Waals surface area contributed by atoms with Gasteiger partial charge in [-0.2, -0.15) is 4.31 Å². The molecule has 0 radical (unpaired) electrons. The average Bonchev–Trinajstić information content (AvgIpc) is 3.04. The summed E-state index contributed by atoms with van der Waals surface area (Å²) >= 11 is 1.34. The van der Waals surface area contributed by atoms with Crippen molar-refractivity contribution in [3.8, 4) is 0 Å². The van der Waals surface area contributed by atoms with Crippen molar-refractivity contribution < 1.29 is 13.2 Å². The van der Waals surface area contributed by atoms with Gasteiger partial charge in [0.15, 0.2) is 0 Å². The minimum Gasteiger partial charge on any atom is -0.353 e. The summed E-state index contributed by atoms with van der Waals surface area (Å²) in [6, 6.07) is 3.71. The minimum absolute atomic E-state index is 0.0534. The van der Waals surface area contributed by atoms with Crippen LogP contribution in [0.4, 0.5) is 0 Å². The lowest BCUT2D eigenvalue weighted by molar-refractivity contribution is -0.127. The first-order valence-corrected chi connectivity index (χ1v) is 10.9. The van der Waals surface area contributed by atoms with E-state index >= 15 is 0 Å².